The fourth-order valence-corrected chi connectivity index (χ4v) is 1.68. The molecule has 1 aromatic heterocycles. The molecule has 0 saturated carbocycles. The van der Waals surface area contributed by atoms with Crippen molar-refractivity contribution in [3.05, 3.63) is 59.7 Å². The van der Waals surface area contributed by atoms with Crippen LogP contribution in [0.1, 0.15) is 11.3 Å². The van der Waals surface area contributed by atoms with E-state index in [4.69, 9.17) is 10.5 Å². The summed E-state index contributed by atoms with van der Waals surface area (Å²) >= 11 is 0. The topological polar surface area (TPSA) is 48.1 Å². The zero-order chi connectivity index (χ0) is 12.8. The van der Waals surface area contributed by atoms with Gasteiger partial charge in [0, 0.05) is 30.4 Å². The SMILES string of the molecule is NCc1cccc(F)c1OCCc1ccccn1. The number of rotatable bonds is 5. The molecule has 2 aromatic rings. The molecule has 0 aliphatic heterocycles. The average molecular weight is 246 g/mol. The van der Waals surface area contributed by atoms with E-state index >= 15 is 0 Å². The van der Waals surface area contributed by atoms with E-state index in [0.29, 0.717) is 18.6 Å². The smallest absolute Gasteiger partial charge is 0.165 e. The number of ether oxygens (including phenoxy) is 1. The van der Waals surface area contributed by atoms with Crippen molar-refractivity contribution in [3.8, 4) is 5.75 Å². The Morgan fingerprint density at radius 3 is 2.78 bits per heavy atom. The van der Waals surface area contributed by atoms with Gasteiger partial charge in [-0.3, -0.25) is 4.98 Å². The second kappa shape index (κ2) is 6.12. The number of para-hydroxylation sites is 1. The molecule has 94 valence electrons. The van der Waals surface area contributed by atoms with Gasteiger partial charge in [0.2, 0.25) is 0 Å². The quantitative estimate of drug-likeness (QED) is 0.880. The Hall–Kier alpha value is -1.94. The predicted molar refractivity (Wildman–Crippen MR) is 67.7 cm³/mol. The van der Waals surface area contributed by atoms with Crippen molar-refractivity contribution in [3.63, 3.8) is 0 Å². The molecule has 1 aromatic carbocycles. The Morgan fingerprint density at radius 1 is 1.17 bits per heavy atom. The third-order valence-electron chi connectivity index (χ3n) is 2.60. The molecule has 0 unspecified atom stereocenters. The number of benzene rings is 1. The third kappa shape index (κ3) is 3.05. The van der Waals surface area contributed by atoms with Gasteiger partial charge in [0.25, 0.3) is 0 Å². The van der Waals surface area contributed by atoms with E-state index in [1.54, 1.807) is 18.3 Å². The van der Waals surface area contributed by atoms with E-state index in [2.05, 4.69) is 4.98 Å². The molecule has 0 amide bonds. The van der Waals surface area contributed by atoms with Gasteiger partial charge in [-0.2, -0.15) is 0 Å². The number of nitrogens with two attached hydrogens (primary N) is 1. The van der Waals surface area contributed by atoms with Crippen LogP contribution in [-0.2, 0) is 13.0 Å². The van der Waals surface area contributed by atoms with E-state index in [1.807, 2.05) is 18.2 Å². The highest BCUT2D eigenvalue weighted by Gasteiger charge is 2.08. The summed E-state index contributed by atoms with van der Waals surface area (Å²) in [6.07, 6.45) is 2.36. The first kappa shape index (κ1) is 12.5. The van der Waals surface area contributed by atoms with Gasteiger partial charge in [0.15, 0.2) is 11.6 Å². The fourth-order valence-electron chi connectivity index (χ4n) is 1.68. The van der Waals surface area contributed by atoms with Crippen molar-refractivity contribution in [2.24, 2.45) is 5.73 Å². The first-order valence-corrected chi connectivity index (χ1v) is 5.81. The van der Waals surface area contributed by atoms with Crippen LogP contribution in [0.2, 0.25) is 0 Å². The van der Waals surface area contributed by atoms with Gasteiger partial charge in [-0.1, -0.05) is 18.2 Å². The lowest BCUT2D eigenvalue weighted by atomic mass is 10.2. The van der Waals surface area contributed by atoms with Crippen LogP contribution in [-0.4, -0.2) is 11.6 Å². The van der Waals surface area contributed by atoms with Crippen LogP contribution in [0, 0.1) is 5.82 Å². The summed E-state index contributed by atoms with van der Waals surface area (Å²) in [6, 6.07) is 10.4. The number of hydrogen-bond acceptors (Lipinski definition) is 3. The van der Waals surface area contributed by atoms with Crippen LogP contribution in [0.4, 0.5) is 4.39 Å². The number of pyridine rings is 1. The van der Waals surface area contributed by atoms with Gasteiger partial charge in [-0.25, -0.2) is 4.39 Å². The molecule has 0 aliphatic carbocycles. The summed E-state index contributed by atoms with van der Waals surface area (Å²) in [5.74, 6) is -0.130. The number of hydrogen-bond donors (Lipinski definition) is 1. The van der Waals surface area contributed by atoms with Crippen LogP contribution in [0.3, 0.4) is 0 Å². The largest absolute Gasteiger partial charge is 0.490 e. The maximum absolute atomic E-state index is 13.6. The lowest BCUT2D eigenvalue weighted by Gasteiger charge is -2.10. The van der Waals surface area contributed by atoms with E-state index in [1.165, 1.54) is 6.07 Å². The lowest BCUT2D eigenvalue weighted by molar-refractivity contribution is 0.300. The highest BCUT2D eigenvalue weighted by Crippen LogP contribution is 2.22. The van der Waals surface area contributed by atoms with Gasteiger partial charge >= 0.3 is 0 Å². The Morgan fingerprint density at radius 2 is 2.06 bits per heavy atom. The van der Waals surface area contributed by atoms with Crippen LogP contribution >= 0.6 is 0 Å². The molecular weight excluding hydrogens is 231 g/mol. The van der Waals surface area contributed by atoms with Crippen LogP contribution in [0.25, 0.3) is 0 Å². The predicted octanol–water partition coefficient (Wildman–Crippen LogP) is 2.30. The Balaban J connectivity index is 1.98. The minimum atomic E-state index is -0.376. The van der Waals surface area contributed by atoms with Crippen molar-refractivity contribution >= 4 is 0 Å². The maximum Gasteiger partial charge on any atom is 0.165 e. The maximum atomic E-state index is 13.6. The van der Waals surface area contributed by atoms with Gasteiger partial charge < -0.3 is 10.5 Å². The van der Waals surface area contributed by atoms with Crippen LogP contribution in [0.15, 0.2) is 42.6 Å². The van der Waals surface area contributed by atoms with E-state index in [9.17, 15) is 4.39 Å². The fraction of sp³-hybridized carbons (Fsp3) is 0.214. The Kier molecular flexibility index (Phi) is 4.25. The Bertz CT molecular complexity index is 502. The van der Waals surface area contributed by atoms with Gasteiger partial charge in [0.05, 0.1) is 6.61 Å². The minimum absolute atomic E-state index is 0.246. The van der Waals surface area contributed by atoms with Gasteiger partial charge in [-0.15, -0.1) is 0 Å². The first-order chi connectivity index (χ1) is 8.81. The van der Waals surface area contributed by atoms with Crippen LogP contribution < -0.4 is 10.5 Å². The molecule has 18 heavy (non-hydrogen) atoms. The van der Waals surface area contributed by atoms with E-state index < -0.39 is 0 Å². The lowest BCUT2D eigenvalue weighted by Crippen LogP contribution is -2.08. The van der Waals surface area contributed by atoms with Crippen LogP contribution in [0.5, 0.6) is 5.75 Å². The minimum Gasteiger partial charge on any atom is -0.490 e. The molecule has 0 bridgehead atoms. The molecule has 0 fully saturated rings. The number of halogens is 1. The molecule has 0 radical (unpaired) electrons. The molecule has 1 heterocycles. The second-order valence-corrected chi connectivity index (χ2v) is 3.85. The molecule has 4 heteroatoms. The first-order valence-electron chi connectivity index (χ1n) is 5.81. The molecule has 3 nitrogen and oxygen atoms in total. The summed E-state index contributed by atoms with van der Waals surface area (Å²) in [5, 5.41) is 0. The summed E-state index contributed by atoms with van der Waals surface area (Å²) in [6.45, 7) is 0.641. The zero-order valence-corrected chi connectivity index (χ0v) is 9.97. The van der Waals surface area contributed by atoms with Crippen molar-refractivity contribution < 1.29 is 9.13 Å². The monoisotopic (exact) mass is 246 g/mol. The van der Waals surface area contributed by atoms with Gasteiger partial charge in [-0.05, 0) is 18.2 Å². The Labute approximate surface area is 105 Å². The molecule has 0 atom stereocenters. The molecule has 0 spiro atoms. The van der Waals surface area contributed by atoms with E-state index in [0.717, 1.165) is 5.69 Å². The van der Waals surface area contributed by atoms with Crippen molar-refractivity contribution in [2.75, 3.05) is 6.61 Å². The number of nitrogens with zero attached hydrogens (tertiary/aromatic N) is 1. The molecule has 0 aliphatic rings. The zero-order valence-electron chi connectivity index (χ0n) is 9.97. The molecule has 0 saturated heterocycles. The standard InChI is InChI=1S/C14H15FN2O/c15-13-6-3-4-11(10-16)14(13)18-9-7-12-5-1-2-8-17-12/h1-6,8H,7,9-10,16H2. The summed E-state index contributed by atoms with van der Waals surface area (Å²) < 4.78 is 19.0. The van der Waals surface area contributed by atoms with Gasteiger partial charge in [0.1, 0.15) is 0 Å². The molecule has 2 N–H and O–H groups in total. The average Bonchev–Trinajstić information content (AvgIpc) is 2.41. The normalized spacial score (nSPS) is 10.3. The highest BCUT2D eigenvalue weighted by atomic mass is 19.1. The molecular formula is C14H15FN2O. The van der Waals surface area contributed by atoms with E-state index in [-0.39, 0.29) is 18.1 Å². The highest BCUT2D eigenvalue weighted by molar-refractivity contribution is 5.34. The molecule has 2 rings (SSSR count). The van der Waals surface area contributed by atoms with Crippen molar-refractivity contribution in [2.45, 2.75) is 13.0 Å². The van der Waals surface area contributed by atoms with Crippen molar-refractivity contribution in [1.29, 1.82) is 0 Å². The summed E-state index contributed by atoms with van der Waals surface area (Å²) in [4.78, 5) is 4.18. The number of aromatic nitrogens is 1. The third-order valence-corrected chi connectivity index (χ3v) is 2.60. The summed E-state index contributed by atoms with van der Waals surface area (Å²) in [7, 11) is 0. The van der Waals surface area contributed by atoms with Crippen molar-refractivity contribution in [1.82, 2.24) is 4.98 Å². The second-order valence-electron chi connectivity index (χ2n) is 3.85. The summed E-state index contributed by atoms with van der Waals surface area (Å²) in [5.41, 5.74) is 7.14.